The van der Waals surface area contributed by atoms with Crippen molar-refractivity contribution in [2.24, 2.45) is 0 Å². The molecule has 0 saturated carbocycles. The lowest BCUT2D eigenvalue weighted by Gasteiger charge is -2.11. The van der Waals surface area contributed by atoms with Crippen molar-refractivity contribution in [1.82, 2.24) is 0 Å². The van der Waals surface area contributed by atoms with E-state index in [-0.39, 0.29) is 18.9 Å². The highest BCUT2D eigenvalue weighted by atomic mass is 19.2. The van der Waals surface area contributed by atoms with Crippen molar-refractivity contribution in [1.29, 1.82) is 0 Å². The number of hydrogen-bond acceptors (Lipinski definition) is 0. The van der Waals surface area contributed by atoms with Crippen LogP contribution in [-0.4, -0.2) is 0 Å². The molecule has 0 atom stereocenters. The lowest BCUT2D eigenvalue weighted by molar-refractivity contribution is 0.471. The van der Waals surface area contributed by atoms with E-state index in [1.54, 1.807) is 6.92 Å². The van der Waals surface area contributed by atoms with Gasteiger partial charge in [0.05, 0.1) is 10.8 Å². The van der Waals surface area contributed by atoms with Crippen molar-refractivity contribution in [3.63, 3.8) is 0 Å². The Hall–Kier alpha value is -1.72. The third-order valence-corrected chi connectivity index (χ3v) is 2.83. The van der Waals surface area contributed by atoms with E-state index in [9.17, 15) is 26.3 Å². The Morgan fingerprint density at radius 1 is 0.737 bits per heavy atom. The highest BCUT2D eigenvalue weighted by Gasteiger charge is 2.26. The molecule has 0 aliphatic heterocycles. The van der Waals surface area contributed by atoms with E-state index in [1.165, 1.54) is 0 Å². The van der Waals surface area contributed by atoms with E-state index in [2.05, 4.69) is 0 Å². The van der Waals surface area contributed by atoms with Gasteiger partial charge < -0.3 is 0 Å². The molecule has 0 unspecified atom stereocenters. The molecule has 0 radical (unpaired) electrons. The molecular weight excluding hydrogens is 270 g/mol. The molecule has 19 heavy (non-hydrogen) atoms. The van der Waals surface area contributed by atoms with Gasteiger partial charge in [0, 0.05) is 11.6 Å². The molecule has 0 aliphatic rings. The van der Waals surface area contributed by atoms with Crippen molar-refractivity contribution < 1.29 is 26.3 Å². The summed E-state index contributed by atoms with van der Waals surface area (Å²) in [5.41, 5.74) is -0.712. The Morgan fingerprint density at radius 2 is 1.37 bits per heavy atom. The topological polar surface area (TPSA) is 0 Å². The minimum absolute atomic E-state index is 0.0547. The van der Waals surface area contributed by atoms with E-state index in [0.29, 0.717) is 0 Å². The third-order valence-electron chi connectivity index (χ3n) is 2.83. The van der Waals surface area contributed by atoms with Crippen LogP contribution in [0, 0.1) is 34.9 Å². The van der Waals surface area contributed by atoms with Crippen LogP contribution in [0.2, 0.25) is 0 Å². The van der Waals surface area contributed by atoms with Crippen molar-refractivity contribution >= 4 is 10.8 Å². The second-order valence-electron chi connectivity index (χ2n) is 4.07. The summed E-state index contributed by atoms with van der Waals surface area (Å²) in [6, 6.07) is 0.0547. The van der Waals surface area contributed by atoms with Crippen LogP contribution in [0.15, 0.2) is 6.07 Å². The predicted octanol–water partition coefficient (Wildman–Crippen LogP) is 4.63. The number of benzene rings is 2. The lowest BCUT2D eigenvalue weighted by atomic mass is 10.0. The summed E-state index contributed by atoms with van der Waals surface area (Å²) in [7, 11) is 0. The zero-order valence-electron chi connectivity index (χ0n) is 9.76. The van der Waals surface area contributed by atoms with Gasteiger partial charge in [-0.2, -0.15) is 0 Å². The van der Waals surface area contributed by atoms with Gasteiger partial charge in [0.25, 0.3) is 0 Å². The quantitative estimate of drug-likeness (QED) is 0.555. The van der Waals surface area contributed by atoms with Gasteiger partial charge >= 0.3 is 0 Å². The van der Waals surface area contributed by atoms with E-state index in [0.717, 1.165) is 0 Å². The summed E-state index contributed by atoms with van der Waals surface area (Å²) < 4.78 is 81.1. The first-order chi connectivity index (χ1) is 8.90. The fourth-order valence-corrected chi connectivity index (χ4v) is 1.98. The van der Waals surface area contributed by atoms with Crippen LogP contribution in [0.4, 0.5) is 26.3 Å². The standard InChI is InChI=1S/C13H8F6/c1-2-3-5-10(16)9-8(13(19)11(5)17)6(14)4-7(15)12(9)18/h4H,2-3H2,1H3. The Kier molecular flexibility index (Phi) is 3.43. The van der Waals surface area contributed by atoms with Gasteiger partial charge in [-0.25, -0.2) is 26.3 Å². The normalized spacial score (nSPS) is 11.3. The molecule has 0 heterocycles. The highest BCUT2D eigenvalue weighted by Crippen LogP contribution is 2.33. The molecule has 0 aromatic heterocycles. The van der Waals surface area contributed by atoms with E-state index in [4.69, 9.17) is 0 Å². The molecule has 102 valence electrons. The van der Waals surface area contributed by atoms with Gasteiger partial charge in [-0.15, -0.1) is 0 Å². The Labute approximate surface area is 104 Å². The maximum Gasteiger partial charge on any atom is 0.170 e. The summed E-state index contributed by atoms with van der Waals surface area (Å²) in [5, 5.41) is -2.41. The smallest absolute Gasteiger partial charge is 0.170 e. The average Bonchev–Trinajstić information content (AvgIpc) is 2.36. The SMILES string of the molecule is CCCc1c(F)c(F)c2c(F)cc(F)c(F)c2c1F. The number of hydrogen-bond donors (Lipinski definition) is 0. The molecular formula is C13H8F6. The van der Waals surface area contributed by atoms with Gasteiger partial charge in [-0.1, -0.05) is 13.3 Å². The minimum atomic E-state index is -1.73. The van der Waals surface area contributed by atoms with Crippen LogP contribution < -0.4 is 0 Å². The summed E-state index contributed by atoms with van der Waals surface area (Å²) in [6.07, 6.45) is 0.0559. The van der Waals surface area contributed by atoms with Gasteiger partial charge in [-0.05, 0) is 6.42 Å². The van der Waals surface area contributed by atoms with E-state index < -0.39 is 51.2 Å². The maximum absolute atomic E-state index is 13.9. The van der Waals surface area contributed by atoms with Crippen molar-refractivity contribution in [3.05, 3.63) is 46.5 Å². The number of halogens is 6. The molecule has 2 aromatic rings. The van der Waals surface area contributed by atoms with Gasteiger partial charge in [0.1, 0.15) is 11.6 Å². The molecule has 2 aromatic carbocycles. The van der Waals surface area contributed by atoms with Crippen LogP contribution in [0.3, 0.4) is 0 Å². The minimum Gasteiger partial charge on any atom is -0.206 e. The average molecular weight is 278 g/mol. The number of fused-ring (bicyclic) bond motifs is 1. The number of rotatable bonds is 2. The second-order valence-corrected chi connectivity index (χ2v) is 4.07. The van der Waals surface area contributed by atoms with Crippen LogP contribution >= 0.6 is 0 Å². The summed E-state index contributed by atoms with van der Waals surface area (Å²) >= 11 is 0. The first-order valence-corrected chi connectivity index (χ1v) is 5.52. The van der Waals surface area contributed by atoms with Gasteiger partial charge in [0.15, 0.2) is 23.3 Å². The van der Waals surface area contributed by atoms with E-state index in [1.807, 2.05) is 0 Å². The molecule has 0 amide bonds. The highest BCUT2D eigenvalue weighted by molar-refractivity contribution is 5.86. The van der Waals surface area contributed by atoms with Crippen LogP contribution in [0.5, 0.6) is 0 Å². The molecule has 0 N–H and O–H groups in total. The molecule has 2 rings (SSSR count). The predicted molar refractivity (Wildman–Crippen MR) is 57.7 cm³/mol. The molecule has 0 saturated heterocycles. The molecule has 0 aliphatic carbocycles. The molecule has 0 nitrogen and oxygen atoms in total. The van der Waals surface area contributed by atoms with E-state index >= 15 is 0 Å². The molecule has 0 spiro atoms. The fourth-order valence-electron chi connectivity index (χ4n) is 1.98. The van der Waals surface area contributed by atoms with Gasteiger partial charge in [0.2, 0.25) is 0 Å². The zero-order chi connectivity index (χ0) is 14.3. The Balaban J connectivity index is 3.03. The molecule has 0 fully saturated rings. The van der Waals surface area contributed by atoms with Crippen molar-refractivity contribution in [2.75, 3.05) is 0 Å². The monoisotopic (exact) mass is 278 g/mol. The van der Waals surface area contributed by atoms with Gasteiger partial charge in [-0.3, -0.25) is 0 Å². The van der Waals surface area contributed by atoms with Crippen molar-refractivity contribution in [3.8, 4) is 0 Å². The van der Waals surface area contributed by atoms with Crippen LogP contribution in [0.1, 0.15) is 18.9 Å². The van der Waals surface area contributed by atoms with Crippen molar-refractivity contribution in [2.45, 2.75) is 19.8 Å². The van der Waals surface area contributed by atoms with Crippen LogP contribution in [-0.2, 0) is 6.42 Å². The zero-order valence-corrected chi connectivity index (χ0v) is 9.76. The third kappa shape index (κ3) is 1.95. The molecule has 6 heteroatoms. The second kappa shape index (κ2) is 4.75. The summed E-state index contributed by atoms with van der Waals surface area (Å²) in [6.45, 7) is 1.57. The largest absolute Gasteiger partial charge is 0.206 e. The maximum atomic E-state index is 13.9. The Bertz CT molecular complexity index is 662. The first-order valence-electron chi connectivity index (χ1n) is 5.52. The summed E-state index contributed by atoms with van der Waals surface area (Å²) in [5.74, 6) is -9.69. The Morgan fingerprint density at radius 3 is 1.95 bits per heavy atom. The summed E-state index contributed by atoms with van der Waals surface area (Å²) in [4.78, 5) is 0. The first kappa shape index (κ1) is 13.7. The lowest BCUT2D eigenvalue weighted by Crippen LogP contribution is -2.05. The molecule has 0 bridgehead atoms. The van der Waals surface area contributed by atoms with Crippen LogP contribution in [0.25, 0.3) is 10.8 Å². The fraction of sp³-hybridized carbons (Fsp3) is 0.231.